The molecule has 15 heavy (non-hydrogen) atoms. The molecule has 1 aliphatic rings. The summed E-state index contributed by atoms with van der Waals surface area (Å²) in [6.07, 6.45) is 1.46. The Bertz CT molecular complexity index is 181. The molecule has 1 aliphatic carbocycles. The van der Waals surface area contributed by atoms with Gasteiger partial charge in [0.1, 0.15) is 6.61 Å². The molecular weight excluding hydrogens is 200 g/mol. The lowest BCUT2D eigenvalue weighted by molar-refractivity contribution is -0.133. The largest absolute Gasteiger partial charge is 0.369 e. The Kier molecular flexibility index (Phi) is 4.93. The molecule has 0 amide bonds. The van der Waals surface area contributed by atoms with Crippen molar-refractivity contribution in [3.8, 4) is 0 Å². The van der Waals surface area contributed by atoms with Gasteiger partial charge < -0.3 is 10.1 Å². The van der Waals surface area contributed by atoms with Crippen LogP contribution in [-0.4, -0.2) is 31.2 Å². The SMILES string of the molecule is CC(C)NCCC1(OCC(F)F)CCC1. The quantitative estimate of drug-likeness (QED) is 0.713. The molecule has 1 saturated carbocycles. The fourth-order valence-corrected chi connectivity index (χ4v) is 1.87. The Morgan fingerprint density at radius 1 is 1.33 bits per heavy atom. The lowest BCUT2D eigenvalue weighted by atomic mass is 9.77. The molecule has 1 rings (SSSR count). The summed E-state index contributed by atoms with van der Waals surface area (Å²) in [6.45, 7) is 4.59. The number of rotatable bonds is 7. The molecule has 0 atom stereocenters. The van der Waals surface area contributed by atoms with E-state index in [0.717, 1.165) is 32.2 Å². The Morgan fingerprint density at radius 3 is 2.40 bits per heavy atom. The zero-order valence-corrected chi connectivity index (χ0v) is 9.56. The van der Waals surface area contributed by atoms with Crippen LogP contribution in [0.5, 0.6) is 0 Å². The van der Waals surface area contributed by atoms with Crippen LogP contribution < -0.4 is 5.32 Å². The molecule has 0 unspecified atom stereocenters. The molecule has 1 N–H and O–H groups in total. The Labute approximate surface area is 90.4 Å². The lowest BCUT2D eigenvalue weighted by Gasteiger charge is -2.42. The average molecular weight is 221 g/mol. The van der Waals surface area contributed by atoms with Crippen LogP contribution in [0.25, 0.3) is 0 Å². The Morgan fingerprint density at radius 2 is 2.00 bits per heavy atom. The Balaban J connectivity index is 2.21. The maximum absolute atomic E-state index is 12.0. The lowest BCUT2D eigenvalue weighted by Crippen LogP contribution is -2.44. The van der Waals surface area contributed by atoms with Gasteiger partial charge in [0, 0.05) is 6.04 Å². The summed E-state index contributed by atoms with van der Waals surface area (Å²) in [7, 11) is 0. The van der Waals surface area contributed by atoms with Crippen molar-refractivity contribution in [2.75, 3.05) is 13.2 Å². The first-order valence-corrected chi connectivity index (χ1v) is 5.70. The monoisotopic (exact) mass is 221 g/mol. The summed E-state index contributed by atoms with van der Waals surface area (Å²) >= 11 is 0. The third-order valence-electron chi connectivity index (χ3n) is 2.91. The van der Waals surface area contributed by atoms with E-state index in [1.807, 2.05) is 0 Å². The molecule has 2 nitrogen and oxygen atoms in total. The molecular formula is C11H21F2NO. The molecule has 4 heteroatoms. The predicted octanol–water partition coefficient (Wildman–Crippen LogP) is 2.58. The van der Waals surface area contributed by atoms with Crippen molar-refractivity contribution in [1.82, 2.24) is 5.32 Å². The van der Waals surface area contributed by atoms with E-state index in [4.69, 9.17) is 4.74 Å². The number of ether oxygens (including phenoxy) is 1. The van der Waals surface area contributed by atoms with Crippen LogP contribution in [0.15, 0.2) is 0 Å². The van der Waals surface area contributed by atoms with Crippen molar-refractivity contribution in [3.63, 3.8) is 0 Å². The third-order valence-corrected chi connectivity index (χ3v) is 2.91. The molecule has 0 spiro atoms. The zero-order chi connectivity index (χ0) is 11.3. The second-order valence-corrected chi connectivity index (χ2v) is 4.60. The van der Waals surface area contributed by atoms with Gasteiger partial charge in [0.2, 0.25) is 0 Å². The van der Waals surface area contributed by atoms with E-state index in [0.29, 0.717) is 6.04 Å². The van der Waals surface area contributed by atoms with Gasteiger partial charge in [-0.3, -0.25) is 0 Å². The number of hydrogen-bond donors (Lipinski definition) is 1. The normalized spacial score (nSPS) is 19.6. The minimum Gasteiger partial charge on any atom is -0.369 e. The maximum Gasteiger partial charge on any atom is 0.261 e. The van der Waals surface area contributed by atoms with Gasteiger partial charge >= 0.3 is 0 Å². The van der Waals surface area contributed by atoms with Crippen LogP contribution in [0.1, 0.15) is 39.5 Å². The van der Waals surface area contributed by atoms with Crippen molar-refractivity contribution in [2.45, 2.75) is 57.6 Å². The van der Waals surface area contributed by atoms with Crippen LogP contribution in [0, 0.1) is 0 Å². The van der Waals surface area contributed by atoms with Gasteiger partial charge in [0.25, 0.3) is 6.43 Å². The fraction of sp³-hybridized carbons (Fsp3) is 1.00. The molecule has 90 valence electrons. The van der Waals surface area contributed by atoms with Crippen LogP contribution in [0.4, 0.5) is 8.78 Å². The first kappa shape index (κ1) is 12.8. The van der Waals surface area contributed by atoms with E-state index in [1.165, 1.54) is 0 Å². The summed E-state index contributed by atoms with van der Waals surface area (Å²) in [5.74, 6) is 0. The first-order chi connectivity index (χ1) is 7.04. The standard InChI is InChI=1S/C11H21F2NO/c1-9(2)14-7-6-11(4-3-5-11)15-8-10(12)13/h9-10,14H,3-8H2,1-2H3. The third kappa shape index (κ3) is 4.43. The van der Waals surface area contributed by atoms with E-state index in [1.54, 1.807) is 0 Å². The van der Waals surface area contributed by atoms with Gasteiger partial charge in [-0.1, -0.05) is 13.8 Å². The van der Waals surface area contributed by atoms with Crippen LogP contribution >= 0.6 is 0 Å². The molecule has 1 fully saturated rings. The predicted molar refractivity (Wildman–Crippen MR) is 56.3 cm³/mol. The molecule has 0 aromatic rings. The first-order valence-electron chi connectivity index (χ1n) is 5.70. The minimum absolute atomic E-state index is 0.252. The van der Waals surface area contributed by atoms with Gasteiger partial charge in [0.15, 0.2) is 0 Å². The van der Waals surface area contributed by atoms with Gasteiger partial charge in [0.05, 0.1) is 5.60 Å². The number of alkyl halides is 2. The topological polar surface area (TPSA) is 21.3 Å². The molecule has 0 bridgehead atoms. The average Bonchev–Trinajstić information content (AvgIpc) is 2.07. The summed E-state index contributed by atoms with van der Waals surface area (Å²) in [4.78, 5) is 0. The Hall–Kier alpha value is -0.220. The smallest absolute Gasteiger partial charge is 0.261 e. The maximum atomic E-state index is 12.0. The van der Waals surface area contributed by atoms with Crippen molar-refractivity contribution in [3.05, 3.63) is 0 Å². The highest BCUT2D eigenvalue weighted by molar-refractivity contribution is 4.90. The highest BCUT2D eigenvalue weighted by Crippen LogP contribution is 2.38. The molecule has 0 saturated heterocycles. The van der Waals surface area contributed by atoms with Crippen molar-refractivity contribution in [1.29, 1.82) is 0 Å². The van der Waals surface area contributed by atoms with Crippen LogP contribution in [0.2, 0.25) is 0 Å². The van der Waals surface area contributed by atoms with Gasteiger partial charge in [-0.05, 0) is 32.2 Å². The van der Waals surface area contributed by atoms with E-state index in [9.17, 15) is 8.78 Å². The van der Waals surface area contributed by atoms with Gasteiger partial charge in [-0.2, -0.15) is 0 Å². The second kappa shape index (κ2) is 5.75. The molecule has 0 aromatic heterocycles. The zero-order valence-electron chi connectivity index (χ0n) is 9.56. The van der Waals surface area contributed by atoms with Crippen LogP contribution in [0.3, 0.4) is 0 Å². The number of halogens is 2. The number of hydrogen-bond acceptors (Lipinski definition) is 2. The van der Waals surface area contributed by atoms with Gasteiger partial charge in [-0.15, -0.1) is 0 Å². The van der Waals surface area contributed by atoms with E-state index >= 15 is 0 Å². The molecule has 0 heterocycles. The van der Waals surface area contributed by atoms with Crippen molar-refractivity contribution in [2.24, 2.45) is 0 Å². The van der Waals surface area contributed by atoms with E-state index < -0.39 is 13.0 Å². The second-order valence-electron chi connectivity index (χ2n) is 4.60. The molecule has 0 aromatic carbocycles. The summed E-state index contributed by atoms with van der Waals surface area (Å²) < 4.78 is 29.4. The molecule has 0 aliphatic heterocycles. The van der Waals surface area contributed by atoms with Gasteiger partial charge in [-0.25, -0.2) is 8.78 Å². The van der Waals surface area contributed by atoms with Crippen LogP contribution in [-0.2, 0) is 4.74 Å². The highest BCUT2D eigenvalue weighted by Gasteiger charge is 2.38. The minimum atomic E-state index is -2.35. The highest BCUT2D eigenvalue weighted by atomic mass is 19.3. The summed E-state index contributed by atoms with van der Waals surface area (Å²) in [5.41, 5.74) is -0.252. The fourth-order valence-electron chi connectivity index (χ4n) is 1.87. The van der Waals surface area contributed by atoms with E-state index in [-0.39, 0.29) is 5.60 Å². The molecule has 0 radical (unpaired) electrons. The number of nitrogens with one attached hydrogen (secondary N) is 1. The van der Waals surface area contributed by atoms with E-state index in [2.05, 4.69) is 19.2 Å². The summed E-state index contributed by atoms with van der Waals surface area (Å²) in [5, 5.41) is 3.29. The van der Waals surface area contributed by atoms with Crippen molar-refractivity contribution < 1.29 is 13.5 Å². The summed E-state index contributed by atoms with van der Waals surface area (Å²) in [6, 6.07) is 0.442. The van der Waals surface area contributed by atoms with Crippen molar-refractivity contribution >= 4 is 0 Å².